The second kappa shape index (κ2) is 11.5. The lowest BCUT2D eigenvalue weighted by Gasteiger charge is -2.06. The predicted molar refractivity (Wildman–Crippen MR) is 44.5 cm³/mol. The molecule has 2 atom stereocenters. The molecule has 0 spiro atoms. The minimum absolute atomic E-state index is 1.86. The van der Waals surface area contributed by atoms with Gasteiger partial charge in [-0.05, 0) is 18.5 Å². The molecule has 0 N–H and O–H groups in total. The minimum Gasteiger partial charge on any atom is -0.759 e. The van der Waals surface area contributed by atoms with Crippen LogP contribution < -0.4 is 0 Å². The first-order valence-corrected chi connectivity index (χ1v) is 6.24. The molecule has 0 saturated carbocycles. The average molecular weight is 194 g/mol. The Hall–Kier alpha value is 0.730. The monoisotopic (exact) mass is 194 g/mol. The highest BCUT2D eigenvalue weighted by Gasteiger charge is 1.49. The summed E-state index contributed by atoms with van der Waals surface area (Å²) in [4.78, 5) is 0. The maximum atomic E-state index is 8.52. The summed E-state index contributed by atoms with van der Waals surface area (Å²) >= 11 is 0. The molecule has 4 nitrogen and oxygen atoms in total. The lowest BCUT2D eigenvalue weighted by Crippen LogP contribution is -1.91. The van der Waals surface area contributed by atoms with Gasteiger partial charge in [0.2, 0.25) is 0 Å². The van der Waals surface area contributed by atoms with E-state index in [2.05, 4.69) is 0 Å². The van der Waals surface area contributed by atoms with Gasteiger partial charge >= 0.3 is 0 Å². The molecule has 0 radical (unpaired) electrons. The summed E-state index contributed by atoms with van der Waals surface area (Å²) in [5, 5.41) is 0. The van der Waals surface area contributed by atoms with Crippen molar-refractivity contribution in [2.45, 2.75) is 0 Å². The van der Waals surface area contributed by atoms with Crippen molar-refractivity contribution in [2.24, 2.45) is 0 Å². The molecule has 0 aliphatic carbocycles. The Morgan fingerprint density at radius 2 is 1.00 bits per heavy atom. The van der Waals surface area contributed by atoms with Gasteiger partial charge < -0.3 is 9.11 Å². The Morgan fingerprint density at radius 3 is 1.00 bits per heavy atom. The molecule has 0 aromatic rings. The van der Waals surface area contributed by atoms with Crippen LogP contribution in [0.3, 0.4) is 0 Å². The first-order chi connectivity index (χ1) is 4.00. The number of hydrogen-bond acceptors (Lipinski definition) is 4. The van der Waals surface area contributed by atoms with E-state index in [-0.39, 0.29) is 0 Å². The first kappa shape index (κ1) is 16.4. The van der Waals surface area contributed by atoms with E-state index in [1.807, 2.05) is 31.8 Å². The van der Waals surface area contributed by atoms with E-state index in [9.17, 15) is 0 Å². The molecule has 0 amide bonds. The van der Waals surface area contributed by atoms with Crippen LogP contribution >= 0.6 is 18.5 Å². The summed E-state index contributed by atoms with van der Waals surface area (Å²) in [6.45, 7) is 4.06. The van der Waals surface area contributed by atoms with E-state index in [4.69, 9.17) is 17.5 Å². The SMILES string of the molecule is C[PH3+].C[PH3+].O=S(=O)([O-])[O-]. The highest BCUT2D eigenvalue weighted by Crippen LogP contribution is 1.57. The molecular weight excluding hydrogens is 182 g/mol. The summed E-state index contributed by atoms with van der Waals surface area (Å²) in [6.07, 6.45) is 0. The Kier molecular flexibility index (Phi) is 21.0. The highest BCUT2D eigenvalue weighted by atomic mass is 32.3. The van der Waals surface area contributed by atoms with E-state index in [0.717, 1.165) is 0 Å². The molecule has 0 aliphatic heterocycles. The maximum Gasteiger partial charge on any atom is 0.0421 e. The third-order valence-electron chi connectivity index (χ3n) is 0. The van der Waals surface area contributed by atoms with Gasteiger partial charge in [-0.15, -0.1) is 0 Å². The molecule has 0 aromatic heterocycles. The van der Waals surface area contributed by atoms with Crippen LogP contribution in [0.25, 0.3) is 0 Å². The van der Waals surface area contributed by atoms with Crippen molar-refractivity contribution in [3.8, 4) is 0 Å². The number of rotatable bonds is 0. The minimum atomic E-state index is -5.17. The largest absolute Gasteiger partial charge is 0.759 e. The quantitative estimate of drug-likeness (QED) is 0.284. The van der Waals surface area contributed by atoms with Crippen LogP contribution in [0.2, 0.25) is 0 Å². The molecule has 2 unspecified atom stereocenters. The first-order valence-electron chi connectivity index (χ1n) is 2.08. The van der Waals surface area contributed by atoms with E-state index >= 15 is 0 Å². The highest BCUT2D eigenvalue weighted by molar-refractivity contribution is 7.79. The predicted octanol–water partition coefficient (Wildman–Crippen LogP) is -0.891. The van der Waals surface area contributed by atoms with Crippen molar-refractivity contribution in [1.82, 2.24) is 0 Å². The Balaban J connectivity index is -0.0000000771. The van der Waals surface area contributed by atoms with Crippen LogP contribution in [0.4, 0.5) is 0 Å². The van der Waals surface area contributed by atoms with Crippen molar-refractivity contribution in [3.63, 3.8) is 0 Å². The van der Waals surface area contributed by atoms with Gasteiger partial charge in [0.25, 0.3) is 0 Å². The van der Waals surface area contributed by atoms with Crippen LogP contribution in [0, 0.1) is 0 Å². The van der Waals surface area contributed by atoms with Gasteiger partial charge in [0, 0.05) is 23.7 Å². The molecule has 0 saturated heterocycles. The second-order valence-electron chi connectivity index (χ2n) is 0.408. The fourth-order valence-corrected chi connectivity index (χ4v) is 0. The van der Waals surface area contributed by atoms with Crippen molar-refractivity contribution in [1.29, 1.82) is 0 Å². The summed E-state index contributed by atoms with van der Waals surface area (Å²) in [5.74, 6) is 0. The van der Waals surface area contributed by atoms with Gasteiger partial charge in [-0.25, -0.2) is 0 Å². The topological polar surface area (TPSA) is 80.3 Å². The zero-order valence-corrected chi connectivity index (χ0v) is 9.10. The van der Waals surface area contributed by atoms with Crippen LogP contribution in [-0.4, -0.2) is 30.9 Å². The summed E-state index contributed by atoms with van der Waals surface area (Å²) in [5.41, 5.74) is 0. The van der Waals surface area contributed by atoms with Gasteiger partial charge in [-0.1, -0.05) is 0 Å². The van der Waals surface area contributed by atoms with Crippen LogP contribution in [0.1, 0.15) is 0 Å². The zero-order chi connectivity index (χ0) is 8.50. The van der Waals surface area contributed by atoms with Crippen LogP contribution in [0.15, 0.2) is 0 Å². The van der Waals surface area contributed by atoms with Crippen LogP contribution in [-0.2, 0) is 10.4 Å². The molecule has 0 bridgehead atoms. The van der Waals surface area contributed by atoms with E-state index in [1.165, 1.54) is 0 Å². The lowest BCUT2D eigenvalue weighted by molar-refractivity contribution is 0.352. The Bertz CT molecular complexity index is 99.7. The molecule has 0 heterocycles. The normalized spacial score (nSPS) is 8.44. The third-order valence-corrected chi connectivity index (χ3v) is 0. The van der Waals surface area contributed by atoms with Gasteiger partial charge in [-0.3, -0.25) is 8.42 Å². The molecule has 0 rings (SSSR count). The van der Waals surface area contributed by atoms with E-state index in [1.54, 1.807) is 0 Å². The van der Waals surface area contributed by atoms with Gasteiger partial charge in [0.15, 0.2) is 0 Å². The molecule has 0 fully saturated rings. The third kappa shape index (κ3) is 742. The average Bonchev–Trinajstić information content (AvgIpc) is 1.72. The number of hydrogen-bond donors (Lipinski definition) is 0. The molecule has 0 aromatic carbocycles. The standard InChI is InChI=1S/2CH5P.H2O4S/c2*1-2;1-5(2,3)4/h2*2H2,1H3;(H2,1,2,3,4). The molecular formula is C2H12O4P2S. The van der Waals surface area contributed by atoms with Gasteiger partial charge in [-0.2, -0.15) is 0 Å². The van der Waals surface area contributed by atoms with Crippen molar-refractivity contribution in [3.05, 3.63) is 0 Å². The summed E-state index contributed by atoms with van der Waals surface area (Å²) < 4.78 is 34.1. The smallest absolute Gasteiger partial charge is 0.0421 e. The Labute approximate surface area is 60.4 Å². The molecule has 0 aliphatic rings. The lowest BCUT2D eigenvalue weighted by atomic mass is 12.0. The maximum absolute atomic E-state index is 8.52. The van der Waals surface area contributed by atoms with Gasteiger partial charge in [0.1, 0.15) is 0 Å². The fraction of sp³-hybridized carbons (Fsp3) is 1.00. The molecule has 7 heteroatoms. The van der Waals surface area contributed by atoms with Crippen molar-refractivity contribution < 1.29 is 17.5 Å². The fourth-order valence-electron chi connectivity index (χ4n) is 0. The van der Waals surface area contributed by atoms with Crippen molar-refractivity contribution >= 4 is 28.9 Å². The summed E-state index contributed by atoms with van der Waals surface area (Å²) in [6, 6.07) is 0. The van der Waals surface area contributed by atoms with Crippen molar-refractivity contribution in [2.75, 3.05) is 13.3 Å². The summed E-state index contributed by atoms with van der Waals surface area (Å²) in [7, 11) is -1.44. The molecule has 9 heavy (non-hydrogen) atoms. The van der Waals surface area contributed by atoms with Gasteiger partial charge in [0.05, 0.1) is 0 Å². The van der Waals surface area contributed by atoms with E-state index in [0.29, 0.717) is 0 Å². The van der Waals surface area contributed by atoms with Crippen LogP contribution in [0.5, 0.6) is 0 Å². The Morgan fingerprint density at radius 1 is 1.00 bits per heavy atom. The molecule has 60 valence electrons. The second-order valence-corrected chi connectivity index (χ2v) is 1.22. The van der Waals surface area contributed by atoms with E-state index < -0.39 is 10.4 Å². The zero-order valence-electron chi connectivity index (χ0n) is 5.46.